The molecule has 1 aliphatic carbocycles. The van der Waals surface area contributed by atoms with E-state index in [1.54, 1.807) is 0 Å². The second-order valence-electron chi connectivity index (χ2n) is 6.92. The molecule has 21 heavy (non-hydrogen) atoms. The Labute approximate surface area is 127 Å². The highest BCUT2D eigenvalue weighted by Crippen LogP contribution is 2.33. The highest BCUT2D eigenvalue weighted by Gasteiger charge is 2.37. The highest BCUT2D eigenvalue weighted by molar-refractivity contribution is 5.83. The molecule has 1 unspecified atom stereocenters. The maximum Gasteiger partial charge on any atom is 0.227 e. The molecule has 1 amide bonds. The van der Waals surface area contributed by atoms with Gasteiger partial charge in [-0.15, -0.1) is 0 Å². The van der Waals surface area contributed by atoms with Crippen LogP contribution in [0.3, 0.4) is 0 Å². The van der Waals surface area contributed by atoms with E-state index in [1.807, 2.05) is 0 Å². The Balaban J connectivity index is 1.51. The highest BCUT2D eigenvalue weighted by atomic mass is 16.2. The lowest BCUT2D eigenvalue weighted by atomic mass is 9.81. The first kappa shape index (κ1) is 14.6. The van der Waals surface area contributed by atoms with E-state index >= 15 is 0 Å². The van der Waals surface area contributed by atoms with Crippen molar-refractivity contribution in [3.63, 3.8) is 0 Å². The summed E-state index contributed by atoms with van der Waals surface area (Å²) >= 11 is 0. The molecule has 3 heteroatoms. The first-order valence-electron chi connectivity index (χ1n) is 8.24. The quantitative estimate of drug-likeness (QED) is 0.897. The van der Waals surface area contributed by atoms with Gasteiger partial charge in [0.25, 0.3) is 0 Å². The van der Waals surface area contributed by atoms with Gasteiger partial charge in [-0.05, 0) is 57.1 Å². The maximum absolute atomic E-state index is 12.4. The lowest BCUT2D eigenvalue weighted by molar-refractivity contribution is -0.130. The number of rotatable bonds is 3. The number of hydrogen-bond donors (Lipinski definition) is 2. The molecule has 1 heterocycles. The molecule has 3 rings (SSSR count). The monoisotopic (exact) mass is 286 g/mol. The van der Waals surface area contributed by atoms with Crippen LogP contribution in [-0.4, -0.2) is 25.0 Å². The van der Waals surface area contributed by atoms with Crippen LogP contribution in [0, 0.1) is 5.41 Å². The predicted molar refractivity (Wildman–Crippen MR) is 85.2 cm³/mol. The normalized spacial score (nSPS) is 32.8. The first-order valence-corrected chi connectivity index (χ1v) is 8.24. The summed E-state index contributed by atoms with van der Waals surface area (Å²) in [5.41, 5.74) is 1.25. The number of carbonyl (C=O) groups is 1. The van der Waals surface area contributed by atoms with Gasteiger partial charge in [0.1, 0.15) is 0 Å². The fraction of sp³-hybridized carbons (Fsp3) is 0.611. The Morgan fingerprint density at radius 1 is 1.19 bits per heavy atom. The van der Waals surface area contributed by atoms with Crippen molar-refractivity contribution < 1.29 is 4.79 Å². The van der Waals surface area contributed by atoms with Gasteiger partial charge >= 0.3 is 0 Å². The van der Waals surface area contributed by atoms with Crippen LogP contribution in [0.2, 0.25) is 0 Å². The van der Waals surface area contributed by atoms with Gasteiger partial charge in [-0.25, -0.2) is 0 Å². The first-order chi connectivity index (χ1) is 10.2. The maximum atomic E-state index is 12.4. The van der Waals surface area contributed by atoms with Crippen LogP contribution in [0.5, 0.6) is 0 Å². The summed E-state index contributed by atoms with van der Waals surface area (Å²) in [6.07, 6.45) is 5.54. The summed E-state index contributed by atoms with van der Waals surface area (Å²) in [6.45, 7) is 3.86. The average Bonchev–Trinajstić information content (AvgIpc) is 2.97. The van der Waals surface area contributed by atoms with Crippen molar-refractivity contribution in [2.75, 3.05) is 13.1 Å². The zero-order chi connectivity index (χ0) is 14.7. The van der Waals surface area contributed by atoms with E-state index < -0.39 is 0 Å². The summed E-state index contributed by atoms with van der Waals surface area (Å²) in [5.74, 6) is 0.916. The average molecular weight is 286 g/mol. The molecular formula is C18H26N2O. The topological polar surface area (TPSA) is 41.1 Å². The molecule has 1 atom stereocenters. The third-order valence-electron chi connectivity index (χ3n) is 5.25. The van der Waals surface area contributed by atoms with Gasteiger partial charge in [-0.2, -0.15) is 0 Å². The van der Waals surface area contributed by atoms with E-state index in [1.165, 1.54) is 18.4 Å². The number of benzene rings is 1. The van der Waals surface area contributed by atoms with Crippen LogP contribution in [0.15, 0.2) is 30.3 Å². The predicted octanol–water partition coefficient (Wildman–Crippen LogP) is 2.83. The van der Waals surface area contributed by atoms with E-state index in [0.717, 1.165) is 32.4 Å². The summed E-state index contributed by atoms with van der Waals surface area (Å²) in [7, 11) is 0. The second-order valence-corrected chi connectivity index (χ2v) is 6.92. The SMILES string of the molecule is CC1(C(=O)NC2CCC(c3ccccc3)CC2)CCNC1. The van der Waals surface area contributed by atoms with Crippen molar-refractivity contribution in [3.05, 3.63) is 35.9 Å². The van der Waals surface area contributed by atoms with Crippen LogP contribution in [-0.2, 0) is 4.79 Å². The third kappa shape index (κ3) is 3.29. The van der Waals surface area contributed by atoms with Crippen molar-refractivity contribution >= 4 is 5.91 Å². The Hall–Kier alpha value is -1.35. The molecule has 0 spiro atoms. The minimum absolute atomic E-state index is 0.198. The standard InChI is InChI=1S/C18H26N2O/c1-18(11-12-19-13-18)17(21)20-16-9-7-15(8-10-16)14-5-3-2-4-6-14/h2-6,15-16,19H,7-13H2,1H3,(H,20,21). The summed E-state index contributed by atoms with van der Waals surface area (Å²) in [4.78, 5) is 12.4. The fourth-order valence-corrected chi connectivity index (χ4v) is 3.67. The van der Waals surface area contributed by atoms with E-state index in [4.69, 9.17) is 0 Å². The molecule has 114 valence electrons. The van der Waals surface area contributed by atoms with E-state index in [0.29, 0.717) is 12.0 Å². The number of hydrogen-bond acceptors (Lipinski definition) is 2. The van der Waals surface area contributed by atoms with Crippen molar-refractivity contribution in [2.24, 2.45) is 5.41 Å². The molecule has 1 aliphatic heterocycles. The molecule has 1 aromatic carbocycles. The molecule has 0 radical (unpaired) electrons. The van der Waals surface area contributed by atoms with Crippen LogP contribution in [0.25, 0.3) is 0 Å². The molecule has 2 N–H and O–H groups in total. The van der Waals surface area contributed by atoms with E-state index in [-0.39, 0.29) is 11.3 Å². The zero-order valence-corrected chi connectivity index (χ0v) is 12.9. The summed E-state index contributed by atoms with van der Waals surface area (Å²) in [6, 6.07) is 11.2. The minimum atomic E-state index is -0.198. The zero-order valence-electron chi connectivity index (χ0n) is 12.9. The number of amides is 1. The molecule has 2 fully saturated rings. The lowest BCUT2D eigenvalue weighted by Gasteiger charge is -2.32. The molecule has 1 saturated carbocycles. The van der Waals surface area contributed by atoms with Gasteiger partial charge in [-0.3, -0.25) is 4.79 Å². The smallest absolute Gasteiger partial charge is 0.227 e. The van der Waals surface area contributed by atoms with Gasteiger partial charge in [0.15, 0.2) is 0 Å². The van der Waals surface area contributed by atoms with Crippen LogP contribution < -0.4 is 10.6 Å². The largest absolute Gasteiger partial charge is 0.353 e. The van der Waals surface area contributed by atoms with Gasteiger partial charge in [0, 0.05) is 12.6 Å². The van der Waals surface area contributed by atoms with Gasteiger partial charge in [-0.1, -0.05) is 30.3 Å². The molecule has 3 nitrogen and oxygen atoms in total. The number of nitrogens with one attached hydrogen (secondary N) is 2. The fourth-order valence-electron chi connectivity index (χ4n) is 3.67. The van der Waals surface area contributed by atoms with Gasteiger partial charge in [0.2, 0.25) is 5.91 Å². The second kappa shape index (κ2) is 6.18. The Bertz CT molecular complexity index is 471. The van der Waals surface area contributed by atoms with Crippen molar-refractivity contribution in [1.82, 2.24) is 10.6 Å². The lowest BCUT2D eigenvalue weighted by Crippen LogP contribution is -2.46. The van der Waals surface area contributed by atoms with E-state index in [9.17, 15) is 4.79 Å². The molecule has 2 aliphatic rings. The Morgan fingerprint density at radius 3 is 2.52 bits per heavy atom. The van der Waals surface area contributed by atoms with E-state index in [2.05, 4.69) is 47.9 Å². The molecular weight excluding hydrogens is 260 g/mol. The van der Waals surface area contributed by atoms with Crippen molar-refractivity contribution in [3.8, 4) is 0 Å². The van der Waals surface area contributed by atoms with Crippen molar-refractivity contribution in [2.45, 2.75) is 51.0 Å². The van der Waals surface area contributed by atoms with Crippen molar-refractivity contribution in [1.29, 1.82) is 0 Å². The van der Waals surface area contributed by atoms with Gasteiger partial charge in [0.05, 0.1) is 5.41 Å². The summed E-state index contributed by atoms with van der Waals surface area (Å²) in [5, 5.41) is 6.59. The molecule has 1 aromatic rings. The summed E-state index contributed by atoms with van der Waals surface area (Å²) < 4.78 is 0. The van der Waals surface area contributed by atoms with Crippen LogP contribution in [0.4, 0.5) is 0 Å². The molecule has 0 bridgehead atoms. The Kier molecular flexibility index (Phi) is 4.29. The molecule has 1 saturated heterocycles. The number of carbonyl (C=O) groups excluding carboxylic acids is 1. The minimum Gasteiger partial charge on any atom is -0.353 e. The molecule has 0 aromatic heterocycles. The van der Waals surface area contributed by atoms with Gasteiger partial charge < -0.3 is 10.6 Å². The van der Waals surface area contributed by atoms with Crippen LogP contribution in [0.1, 0.15) is 50.5 Å². The van der Waals surface area contributed by atoms with Crippen LogP contribution >= 0.6 is 0 Å². The Morgan fingerprint density at radius 2 is 1.90 bits per heavy atom. The third-order valence-corrected chi connectivity index (χ3v) is 5.25.